The summed E-state index contributed by atoms with van der Waals surface area (Å²) >= 11 is 0. The van der Waals surface area contributed by atoms with Gasteiger partial charge in [-0.3, -0.25) is 4.79 Å². The van der Waals surface area contributed by atoms with Gasteiger partial charge in [0, 0.05) is 38.9 Å². The fourth-order valence-corrected chi connectivity index (χ4v) is 3.18. The van der Waals surface area contributed by atoms with E-state index in [0.29, 0.717) is 13.1 Å². The zero-order valence-electron chi connectivity index (χ0n) is 16.1. The average Bonchev–Trinajstić information content (AvgIpc) is 3.02. The van der Waals surface area contributed by atoms with E-state index in [2.05, 4.69) is 11.5 Å². The van der Waals surface area contributed by atoms with Crippen LogP contribution in [0.4, 0.5) is 4.79 Å². The minimum Gasteiger partial charge on any atom is -0.444 e. The monoisotopic (exact) mass is 349 g/mol. The summed E-state index contributed by atoms with van der Waals surface area (Å²) in [6.07, 6.45) is 4.31. The number of likely N-dealkylation sites (tertiary alicyclic amines) is 1. The lowest BCUT2D eigenvalue weighted by Gasteiger charge is -2.34. The van der Waals surface area contributed by atoms with Gasteiger partial charge in [-0.2, -0.15) is 0 Å². The molecular weight excluding hydrogens is 318 g/mol. The maximum atomic E-state index is 12.6. The SMILES string of the molecule is CCCN(C)C(=O)c1cccn1C1CCN(C(=O)OC(C)(C)C)CC1. The van der Waals surface area contributed by atoms with Crippen LogP contribution >= 0.6 is 0 Å². The van der Waals surface area contributed by atoms with Crippen LogP contribution in [0.2, 0.25) is 0 Å². The van der Waals surface area contributed by atoms with Gasteiger partial charge in [-0.25, -0.2) is 4.79 Å². The second-order valence-electron chi connectivity index (χ2n) is 7.73. The molecule has 140 valence electrons. The third-order valence-electron chi connectivity index (χ3n) is 4.41. The minimum atomic E-state index is -0.474. The predicted octanol–water partition coefficient (Wildman–Crippen LogP) is 3.54. The van der Waals surface area contributed by atoms with Crippen molar-refractivity contribution in [1.82, 2.24) is 14.4 Å². The molecule has 0 N–H and O–H groups in total. The number of rotatable bonds is 4. The maximum absolute atomic E-state index is 12.6. The molecule has 1 aliphatic rings. The summed E-state index contributed by atoms with van der Waals surface area (Å²) in [6, 6.07) is 4.05. The van der Waals surface area contributed by atoms with E-state index in [9.17, 15) is 9.59 Å². The van der Waals surface area contributed by atoms with Crippen molar-refractivity contribution in [3.05, 3.63) is 24.0 Å². The van der Waals surface area contributed by atoms with E-state index in [-0.39, 0.29) is 18.0 Å². The fourth-order valence-electron chi connectivity index (χ4n) is 3.18. The summed E-state index contributed by atoms with van der Waals surface area (Å²) in [5, 5.41) is 0. The Morgan fingerprint density at radius 1 is 1.28 bits per heavy atom. The molecule has 6 heteroatoms. The van der Waals surface area contributed by atoms with Crippen LogP contribution in [0.3, 0.4) is 0 Å². The zero-order chi connectivity index (χ0) is 18.6. The molecule has 0 aromatic carbocycles. The predicted molar refractivity (Wildman–Crippen MR) is 97.8 cm³/mol. The number of carbonyl (C=O) groups excluding carboxylic acids is 2. The third kappa shape index (κ3) is 5.00. The number of amides is 2. The summed E-state index contributed by atoms with van der Waals surface area (Å²) < 4.78 is 7.51. The Kier molecular flexibility index (Phi) is 6.14. The molecule has 0 radical (unpaired) electrons. The minimum absolute atomic E-state index is 0.0569. The van der Waals surface area contributed by atoms with E-state index < -0.39 is 5.60 Å². The van der Waals surface area contributed by atoms with Crippen LogP contribution in [0.25, 0.3) is 0 Å². The lowest BCUT2D eigenvalue weighted by atomic mass is 10.0. The summed E-state index contributed by atoms with van der Waals surface area (Å²) in [5.41, 5.74) is 0.254. The molecule has 2 heterocycles. The first-order valence-corrected chi connectivity index (χ1v) is 9.13. The van der Waals surface area contributed by atoms with Gasteiger partial charge in [0.1, 0.15) is 11.3 Å². The molecule has 6 nitrogen and oxygen atoms in total. The molecule has 0 unspecified atom stereocenters. The molecule has 0 bridgehead atoms. The molecule has 0 atom stereocenters. The van der Waals surface area contributed by atoms with E-state index >= 15 is 0 Å². The lowest BCUT2D eigenvalue weighted by Crippen LogP contribution is -2.42. The van der Waals surface area contributed by atoms with E-state index in [0.717, 1.165) is 31.5 Å². The molecule has 2 rings (SSSR count). The number of hydrogen-bond donors (Lipinski definition) is 0. The van der Waals surface area contributed by atoms with Crippen molar-refractivity contribution in [2.45, 2.75) is 58.6 Å². The molecule has 0 aliphatic carbocycles. The summed E-state index contributed by atoms with van der Waals surface area (Å²) in [5.74, 6) is 0.0569. The number of ether oxygens (including phenoxy) is 1. The van der Waals surface area contributed by atoms with Crippen molar-refractivity contribution in [3.63, 3.8) is 0 Å². The van der Waals surface area contributed by atoms with Crippen LogP contribution in [0.5, 0.6) is 0 Å². The molecule has 25 heavy (non-hydrogen) atoms. The Morgan fingerprint density at radius 3 is 2.48 bits per heavy atom. The number of aromatic nitrogens is 1. The molecule has 0 spiro atoms. The van der Waals surface area contributed by atoms with Crippen LogP contribution in [0.15, 0.2) is 18.3 Å². The van der Waals surface area contributed by atoms with Crippen molar-refractivity contribution < 1.29 is 14.3 Å². The molecule has 0 saturated carbocycles. The largest absolute Gasteiger partial charge is 0.444 e. The normalized spacial score (nSPS) is 16.0. The number of hydrogen-bond acceptors (Lipinski definition) is 3. The highest BCUT2D eigenvalue weighted by molar-refractivity contribution is 5.92. The number of piperidine rings is 1. The van der Waals surface area contributed by atoms with Gasteiger partial charge in [0.25, 0.3) is 5.91 Å². The number of carbonyl (C=O) groups is 2. The maximum Gasteiger partial charge on any atom is 0.410 e. The smallest absolute Gasteiger partial charge is 0.410 e. The first-order chi connectivity index (χ1) is 11.7. The molecule has 1 aliphatic heterocycles. The van der Waals surface area contributed by atoms with Crippen LogP contribution in [-0.4, -0.2) is 58.7 Å². The zero-order valence-corrected chi connectivity index (χ0v) is 16.1. The molecule has 1 aromatic heterocycles. The summed E-state index contributed by atoms with van der Waals surface area (Å²) in [4.78, 5) is 28.3. The van der Waals surface area contributed by atoms with Crippen LogP contribution in [0.1, 0.15) is 63.5 Å². The molecular formula is C19H31N3O3. The van der Waals surface area contributed by atoms with E-state index in [4.69, 9.17) is 4.74 Å². The highest BCUT2D eigenvalue weighted by Crippen LogP contribution is 2.26. The van der Waals surface area contributed by atoms with Gasteiger partial charge in [0.15, 0.2) is 0 Å². The second kappa shape index (κ2) is 7.93. The van der Waals surface area contributed by atoms with Crippen molar-refractivity contribution >= 4 is 12.0 Å². The fraction of sp³-hybridized carbons (Fsp3) is 0.684. The van der Waals surface area contributed by atoms with Crippen LogP contribution in [-0.2, 0) is 4.74 Å². The third-order valence-corrected chi connectivity index (χ3v) is 4.41. The van der Waals surface area contributed by atoms with Crippen LogP contribution in [0, 0.1) is 0 Å². The quantitative estimate of drug-likeness (QED) is 0.835. The average molecular weight is 349 g/mol. The Hall–Kier alpha value is -1.98. The Balaban J connectivity index is 1.99. The lowest BCUT2D eigenvalue weighted by molar-refractivity contribution is 0.0186. The summed E-state index contributed by atoms with van der Waals surface area (Å²) in [7, 11) is 1.84. The second-order valence-corrected chi connectivity index (χ2v) is 7.73. The number of nitrogens with zero attached hydrogens (tertiary/aromatic N) is 3. The first kappa shape index (κ1) is 19.3. The van der Waals surface area contributed by atoms with Gasteiger partial charge in [-0.15, -0.1) is 0 Å². The Bertz CT molecular complexity index is 595. The molecule has 1 fully saturated rings. The molecule has 1 aromatic rings. The van der Waals surface area contributed by atoms with Gasteiger partial charge in [0.05, 0.1) is 0 Å². The van der Waals surface area contributed by atoms with Gasteiger partial charge < -0.3 is 19.1 Å². The van der Waals surface area contributed by atoms with Crippen molar-refractivity contribution in [3.8, 4) is 0 Å². The van der Waals surface area contributed by atoms with Gasteiger partial charge in [-0.1, -0.05) is 6.92 Å². The van der Waals surface area contributed by atoms with Crippen molar-refractivity contribution in [2.75, 3.05) is 26.7 Å². The van der Waals surface area contributed by atoms with Crippen molar-refractivity contribution in [2.24, 2.45) is 0 Å². The Morgan fingerprint density at radius 2 is 1.92 bits per heavy atom. The van der Waals surface area contributed by atoms with E-state index in [1.54, 1.807) is 9.80 Å². The van der Waals surface area contributed by atoms with Crippen molar-refractivity contribution in [1.29, 1.82) is 0 Å². The van der Waals surface area contributed by atoms with Gasteiger partial charge in [0.2, 0.25) is 0 Å². The van der Waals surface area contributed by atoms with E-state index in [1.165, 1.54) is 0 Å². The Labute approximate surface area is 150 Å². The molecule has 2 amide bonds. The van der Waals surface area contributed by atoms with Gasteiger partial charge in [-0.05, 0) is 52.2 Å². The first-order valence-electron chi connectivity index (χ1n) is 9.13. The standard InChI is InChI=1S/C19H31N3O3/c1-6-11-20(5)17(23)16-8-7-12-22(16)15-9-13-21(14-10-15)18(24)25-19(2,3)4/h7-8,12,15H,6,9-11,13-14H2,1-5H3. The molecule has 1 saturated heterocycles. The topological polar surface area (TPSA) is 54.8 Å². The summed E-state index contributed by atoms with van der Waals surface area (Å²) in [6.45, 7) is 9.75. The highest BCUT2D eigenvalue weighted by Gasteiger charge is 2.29. The van der Waals surface area contributed by atoms with Crippen LogP contribution < -0.4 is 0 Å². The van der Waals surface area contributed by atoms with E-state index in [1.807, 2.05) is 46.1 Å². The van der Waals surface area contributed by atoms with Gasteiger partial charge >= 0.3 is 6.09 Å². The highest BCUT2D eigenvalue weighted by atomic mass is 16.6.